The Kier molecular flexibility index (Phi) is 3.23. The second-order valence-electron chi connectivity index (χ2n) is 5.86. The summed E-state index contributed by atoms with van der Waals surface area (Å²) in [5, 5.41) is 4.25. The molecule has 3 heterocycles. The number of hydrogen-bond donors (Lipinski definition) is 1. The number of aromatic nitrogens is 3. The second kappa shape index (κ2) is 5.30. The van der Waals surface area contributed by atoms with Crippen LogP contribution in [0.5, 0.6) is 0 Å². The summed E-state index contributed by atoms with van der Waals surface area (Å²) in [5.41, 5.74) is 2.59. The fourth-order valence-corrected chi connectivity index (χ4v) is 2.97. The molecule has 1 aliphatic rings. The smallest absolute Gasteiger partial charge is 0.280 e. The van der Waals surface area contributed by atoms with E-state index in [4.69, 9.17) is 0 Å². The van der Waals surface area contributed by atoms with Gasteiger partial charge in [0.15, 0.2) is 0 Å². The van der Waals surface area contributed by atoms with Crippen LogP contribution in [0, 0.1) is 5.82 Å². The maximum atomic E-state index is 13.0. The van der Waals surface area contributed by atoms with E-state index in [0.717, 1.165) is 11.3 Å². The van der Waals surface area contributed by atoms with E-state index in [2.05, 4.69) is 10.1 Å². The van der Waals surface area contributed by atoms with Crippen LogP contribution in [-0.4, -0.2) is 25.4 Å². The molecule has 0 saturated carbocycles. The molecular weight excluding hydrogens is 311 g/mol. The van der Waals surface area contributed by atoms with Crippen LogP contribution in [0.4, 0.5) is 4.39 Å². The van der Waals surface area contributed by atoms with Gasteiger partial charge in [-0.3, -0.25) is 9.59 Å². The number of carbonyl (C=O) groups excluding carboxylic acids is 1. The molecule has 0 radical (unpaired) electrons. The molecule has 1 aromatic carbocycles. The van der Waals surface area contributed by atoms with Gasteiger partial charge in [-0.1, -0.05) is 19.1 Å². The summed E-state index contributed by atoms with van der Waals surface area (Å²) in [6, 6.07) is 7.75. The van der Waals surface area contributed by atoms with Crippen LogP contribution in [0.2, 0.25) is 0 Å². The van der Waals surface area contributed by atoms with Crippen molar-refractivity contribution in [3.63, 3.8) is 0 Å². The summed E-state index contributed by atoms with van der Waals surface area (Å²) < 4.78 is 14.3. The average molecular weight is 326 g/mol. The van der Waals surface area contributed by atoms with Crippen LogP contribution in [0.3, 0.4) is 0 Å². The van der Waals surface area contributed by atoms with Crippen molar-refractivity contribution in [2.24, 2.45) is 0 Å². The number of aryl methyl sites for hydroxylation is 1. The van der Waals surface area contributed by atoms with Crippen molar-refractivity contribution in [1.82, 2.24) is 19.5 Å². The average Bonchev–Trinajstić information content (AvgIpc) is 3.13. The van der Waals surface area contributed by atoms with Gasteiger partial charge in [0.05, 0.1) is 17.8 Å². The predicted octanol–water partition coefficient (Wildman–Crippen LogP) is 1.88. The van der Waals surface area contributed by atoms with E-state index in [1.165, 1.54) is 16.6 Å². The molecule has 6 nitrogen and oxygen atoms in total. The van der Waals surface area contributed by atoms with E-state index in [9.17, 15) is 14.0 Å². The molecule has 0 fully saturated rings. The van der Waals surface area contributed by atoms with Gasteiger partial charge in [-0.2, -0.15) is 9.61 Å². The highest BCUT2D eigenvalue weighted by molar-refractivity contribution is 5.96. The number of halogens is 1. The van der Waals surface area contributed by atoms with Crippen molar-refractivity contribution in [2.75, 3.05) is 0 Å². The van der Waals surface area contributed by atoms with Gasteiger partial charge in [-0.25, -0.2) is 4.39 Å². The Labute approximate surface area is 136 Å². The van der Waals surface area contributed by atoms with Gasteiger partial charge in [0, 0.05) is 12.6 Å². The van der Waals surface area contributed by atoms with Crippen molar-refractivity contribution < 1.29 is 9.18 Å². The minimum atomic E-state index is -0.321. The molecule has 122 valence electrons. The Morgan fingerprint density at radius 3 is 2.71 bits per heavy atom. The summed E-state index contributed by atoms with van der Waals surface area (Å²) in [7, 11) is 0. The predicted molar refractivity (Wildman–Crippen MR) is 85.2 cm³/mol. The lowest BCUT2D eigenvalue weighted by atomic mass is 10.2. The maximum absolute atomic E-state index is 13.0. The minimum absolute atomic E-state index is 0.220. The van der Waals surface area contributed by atoms with Crippen molar-refractivity contribution in [3.05, 3.63) is 69.0 Å². The number of fused-ring (bicyclic) bond motifs is 2. The number of aromatic amines is 1. The van der Waals surface area contributed by atoms with Crippen LogP contribution in [0.25, 0.3) is 5.65 Å². The zero-order chi connectivity index (χ0) is 16.8. The molecular formula is C17H15FN4O2. The molecule has 0 aliphatic carbocycles. The first-order chi connectivity index (χ1) is 11.6. The molecule has 24 heavy (non-hydrogen) atoms. The molecule has 0 saturated heterocycles. The van der Waals surface area contributed by atoms with E-state index in [1.54, 1.807) is 23.1 Å². The number of amides is 1. The minimum Gasteiger partial charge on any atom is -0.335 e. The van der Waals surface area contributed by atoms with Crippen LogP contribution in [0.1, 0.15) is 34.2 Å². The molecule has 0 spiro atoms. The Balaban J connectivity index is 1.70. The summed E-state index contributed by atoms with van der Waals surface area (Å²) in [6.45, 7) is 2.50. The lowest BCUT2D eigenvalue weighted by Gasteiger charge is -2.15. The van der Waals surface area contributed by atoms with E-state index in [1.807, 2.05) is 6.92 Å². The lowest BCUT2D eigenvalue weighted by Crippen LogP contribution is -2.23. The summed E-state index contributed by atoms with van der Waals surface area (Å²) in [4.78, 5) is 29.8. The van der Waals surface area contributed by atoms with Crippen molar-refractivity contribution in [1.29, 1.82) is 0 Å². The largest absolute Gasteiger partial charge is 0.335 e. The van der Waals surface area contributed by atoms with E-state index in [-0.39, 0.29) is 23.8 Å². The van der Waals surface area contributed by atoms with Crippen molar-refractivity contribution >= 4 is 11.6 Å². The highest BCUT2D eigenvalue weighted by Crippen LogP contribution is 2.21. The third kappa shape index (κ3) is 2.20. The maximum Gasteiger partial charge on any atom is 0.280 e. The van der Waals surface area contributed by atoms with E-state index >= 15 is 0 Å². The van der Waals surface area contributed by atoms with Crippen molar-refractivity contribution in [2.45, 2.75) is 26.4 Å². The van der Waals surface area contributed by atoms with Gasteiger partial charge < -0.3 is 9.88 Å². The first-order valence-corrected chi connectivity index (χ1v) is 7.74. The van der Waals surface area contributed by atoms with Crippen LogP contribution in [0.15, 0.2) is 35.1 Å². The lowest BCUT2D eigenvalue weighted by molar-refractivity contribution is 0.0762. The third-order valence-electron chi connectivity index (χ3n) is 4.26. The Morgan fingerprint density at radius 1 is 1.25 bits per heavy atom. The zero-order valence-corrected chi connectivity index (χ0v) is 13.0. The summed E-state index contributed by atoms with van der Waals surface area (Å²) in [5.74, 6) is -0.550. The van der Waals surface area contributed by atoms with Crippen LogP contribution in [-0.2, 0) is 19.5 Å². The number of nitrogens with one attached hydrogen (secondary N) is 1. The fourth-order valence-electron chi connectivity index (χ4n) is 2.97. The molecule has 1 aliphatic heterocycles. The van der Waals surface area contributed by atoms with Gasteiger partial charge in [0.2, 0.25) is 0 Å². The molecule has 3 aromatic rings. The highest BCUT2D eigenvalue weighted by atomic mass is 19.1. The first kappa shape index (κ1) is 14.6. The third-order valence-corrected chi connectivity index (χ3v) is 4.26. The van der Waals surface area contributed by atoms with Crippen LogP contribution >= 0.6 is 0 Å². The Bertz CT molecular complexity index is 1000. The second-order valence-corrected chi connectivity index (χ2v) is 5.86. The fraction of sp³-hybridized carbons (Fsp3) is 0.235. The first-order valence-electron chi connectivity index (χ1n) is 7.74. The molecule has 4 rings (SSSR count). The number of nitrogens with zero attached hydrogens (tertiary/aromatic N) is 3. The number of benzene rings is 1. The summed E-state index contributed by atoms with van der Waals surface area (Å²) in [6.07, 6.45) is 0.713. The Morgan fingerprint density at radius 2 is 2.00 bits per heavy atom. The molecule has 1 amide bonds. The quantitative estimate of drug-likeness (QED) is 0.799. The SMILES string of the molecule is CCc1cc2[nH]c3c(c(=O)n2n1)CN(Cc1ccc(F)cc1)C3=O. The number of carbonyl (C=O) groups is 1. The zero-order valence-electron chi connectivity index (χ0n) is 13.0. The number of H-pyrrole nitrogens is 1. The highest BCUT2D eigenvalue weighted by Gasteiger charge is 2.31. The topological polar surface area (TPSA) is 70.5 Å². The molecule has 7 heteroatoms. The van der Waals surface area contributed by atoms with Gasteiger partial charge in [0.25, 0.3) is 11.5 Å². The van der Waals surface area contributed by atoms with Gasteiger partial charge in [0.1, 0.15) is 17.2 Å². The van der Waals surface area contributed by atoms with E-state index in [0.29, 0.717) is 29.9 Å². The van der Waals surface area contributed by atoms with Crippen LogP contribution < -0.4 is 5.56 Å². The van der Waals surface area contributed by atoms with Gasteiger partial charge >= 0.3 is 0 Å². The molecule has 2 aromatic heterocycles. The summed E-state index contributed by atoms with van der Waals surface area (Å²) >= 11 is 0. The Hall–Kier alpha value is -2.96. The number of rotatable bonds is 3. The monoisotopic (exact) mass is 326 g/mol. The van der Waals surface area contributed by atoms with Crippen molar-refractivity contribution in [3.8, 4) is 0 Å². The normalized spacial score (nSPS) is 13.8. The molecule has 1 N–H and O–H groups in total. The number of hydrogen-bond acceptors (Lipinski definition) is 3. The molecule has 0 bridgehead atoms. The van der Waals surface area contributed by atoms with Gasteiger partial charge in [-0.15, -0.1) is 0 Å². The van der Waals surface area contributed by atoms with Gasteiger partial charge in [-0.05, 0) is 24.1 Å². The standard InChI is InChI=1S/C17H15FN4O2/c1-2-12-7-14-19-15-13(16(23)22(14)20-12)9-21(17(15)24)8-10-3-5-11(18)6-4-10/h3-7,19H,2,8-9H2,1H3. The van der Waals surface area contributed by atoms with E-state index < -0.39 is 0 Å². The molecule has 0 atom stereocenters. The molecule has 0 unspecified atom stereocenters.